The minimum Gasteiger partial charge on any atom is -0.497 e. The summed E-state index contributed by atoms with van der Waals surface area (Å²) in [6.07, 6.45) is 3.22. The molecule has 1 saturated heterocycles. The van der Waals surface area contributed by atoms with E-state index < -0.39 is 11.6 Å². The summed E-state index contributed by atoms with van der Waals surface area (Å²) in [4.78, 5) is 0. The first-order valence-electron chi connectivity index (χ1n) is 10.9. The summed E-state index contributed by atoms with van der Waals surface area (Å²) < 4.78 is 54.3. The van der Waals surface area contributed by atoms with Crippen molar-refractivity contribution in [2.45, 2.75) is 6.10 Å². The maximum Gasteiger partial charge on any atom is 0.167 e. The van der Waals surface area contributed by atoms with Gasteiger partial charge in [-0.2, -0.15) is 0 Å². The van der Waals surface area contributed by atoms with Crippen molar-refractivity contribution in [3.63, 3.8) is 0 Å². The minimum atomic E-state index is -0.914. The van der Waals surface area contributed by atoms with Crippen molar-refractivity contribution >= 4 is 12.2 Å². The molecule has 1 fully saturated rings. The van der Waals surface area contributed by atoms with Crippen LogP contribution in [0, 0.1) is 17.5 Å². The third kappa shape index (κ3) is 4.47. The lowest BCUT2D eigenvalue weighted by Gasteiger charge is -2.08. The van der Waals surface area contributed by atoms with Crippen LogP contribution in [0.25, 0.3) is 34.4 Å². The lowest BCUT2D eigenvalue weighted by Crippen LogP contribution is -1.93. The summed E-state index contributed by atoms with van der Waals surface area (Å²) in [7, 11) is 1.55. The van der Waals surface area contributed by atoms with Crippen molar-refractivity contribution < 1.29 is 22.6 Å². The van der Waals surface area contributed by atoms with Crippen LogP contribution in [0.15, 0.2) is 78.9 Å². The van der Waals surface area contributed by atoms with Gasteiger partial charge >= 0.3 is 0 Å². The topological polar surface area (TPSA) is 21.8 Å². The van der Waals surface area contributed by atoms with Gasteiger partial charge in [-0.05, 0) is 40.5 Å². The maximum atomic E-state index is 14.7. The van der Waals surface area contributed by atoms with Crippen LogP contribution in [0.4, 0.5) is 13.2 Å². The quantitative estimate of drug-likeness (QED) is 0.218. The van der Waals surface area contributed by atoms with Crippen molar-refractivity contribution in [2.24, 2.45) is 0 Å². The summed E-state index contributed by atoms with van der Waals surface area (Å²) in [5.74, 6) is -1.48. The van der Waals surface area contributed by atoms with Crippen molar-refractivity contribution in [3.8, 4) is 28.0 Å². The van der Waals surface area contributed by atoms with Gasteiger partial charge in [0.2, 0.25) is 0 Å². The smallest absolute Gasteiger partial charge is 0.167 e. The Labute approximate surface area is 195 Å². The molecule has 1 unspecified atom stereocenters. The Morgan fingerprint density at radius 1 is 0.765 bits per heavy atom. The van der Waals surface area contributed by atoms with Crippen LogP contribution >= 0.6 is 0 Å². The molecule has 1 heterocycles. The highest BCUT2D eigenvalue weighted by atomic mass is 19.2. The van der Waals surface area contributed by atoms with Gasteiger partial charge in [0.05, 0.1) is 13.7 Å². The molecule has 0 amide bonds. The molecule has 1 aliphatic rings. The Morgan fingerprint density at radius 2 is 1.41 bits per heavy atom. The molecule has 0 N–H and O–H groups in total. The van der Waals surface area contributed by atoms with Gasteiger partial charge in [0, 0.05) is 16.7 Å². The molecule has 5 heteroatoms. The van der Waals surface area contributed by atoms with Crippen LogP contribution in [0.3, 0.4) is 0 Å². The summed E-state index contributed by atoms with van der Waals surface area (Å²) in [5.41, 5.74) is 3.75. The van der Waals surface area contributed by atoms with Crippen molar-refractivity contribution in [3.05, 3.63) is 113 Å². The number of epoxide rings is 1. The normalized spacial score (nSPS) is 15.0. The number of hydrogen-bond acceptors (Lipinski definition) is 2. The van der Waals surface area contributed by atoms with Crippen molar-refractivity contribution in [1.82, 2.24) is 0 Å². The van der Waals surface area contributed by atoms with Crippen LogP contribution in [0.1, 0.15) is 22.8 Å². The highest BCUT2D eigenvalue weighted by molar-refractivity contribution is 5.74. The van der Waals surface area contributed by atoms with E-state index in [1.54, 1.807) is 67.8 Å². The fraction of sp³-hybridized carbons (Fsp3) is 0.103. The fourth-order valence-electron chi connectivity index (χ4n) is 3.85. The molecule has 4 aromatic carbocycles. The number of rotatable bonds is 6. The molecule has 5 rings (SSSR count). The largest absolute Gasteiger partial charge is 0.497 e. The Hall–Kier alpha value is -3.83. The van der Waals surface area contributed by atoms with Gasteiger partial charge in [0.15, 0.2) is 11.6 Å². The Balaban J connectivity index is 1.34. The zero-order valence-corrected chi connectivity index (χ0v) is 18.4. The van der Waals surface area contributed by atoms with E-state index in [1.165, 1.54) is 12.1 Å². The monoisotopic (exact) mass is 458 g/mol. The molecule has 1 atom stereocenters. The van der Waals surface area contributed by atoms with Crippen molar-refractivity contribution in [2.75, 3.05) is 13.7 Å². The standard InChI is InChI=1S/C29H21F3O2/c1-33-23-12-8-20(9-13-23)25-15-10-21(28(31)29(25)32)7-4-18-2-5-19(6-3-18)24-14-11-22(16-26(24)30)27-17-34-27/h2-16,27H,17H2,1H3/b7-4+. The third-order valence-corrected chi connectivity index (χ3v) is 5.89. The van der Waals surface area contributed by atoms with E-state index in [0.717, 1.165) is 16.7 Å². The number of ether oxygens (including phenoxy) is 2. The Morgan fingerprint density at radius 3 is 2.06 bits per heavy atom. The average Bonchev–Trinajstić information content (AvgIpc) is 3.71. The molecule has 4 aromatic rings. The predicted octanol–water partition coefficient (Wildman–Crippen LogP) is 7.69. The van der Waals surface area contributed by atoms with Gasteiger partial charge in [-0.25, -0.2) is 13.2 Å². The minimum absolute atomic E-state index is 0.00608. The summed E-state index contributed by atoms with van der Waals surface area (Å²) >= 11 is 0. The first-order valence-corrected chi connectivity index (χ1v) is 10.9. The van der Waals surface area contributed by atoms with E-state index in [0.29, 0.717) is 23.5 Å². The van der Waals surface area contributed by atoms with Crippen LogP contribution in [0.2, 0.25) is 0 Å². The van der Waals surface area contributed by atoms with Gasteiger partial charge in [0.25, 0.3) is 0 Å². The number of hydrogen-bond donors (Lipinski definition) is 0. The molecular weight excluding hydrogens is 437 g/mol. The number of benzene rings is 4. The second-order valence-electron chi connectivity index (χ2n) is 8.08. The molecule has 0 bridgehead atoms. The lowest BCUT2D eigenvalue weighted by molar-refractivity contribution is 0.414. The molecule has 0 aliphatic carbocycles. The van der Waals surface area contributed by atoms with Gasteiger partial charge < -0.3 is 9.47 Å². The molecule has 0 spiro atoms. The van der Waals surface area contributed by atoms with Gasteiger partial charge in [-0.3, -0.25) is 0 Å². The SMILES string of the molecule is COc1ccc(-c2ccc(/C=C/c3ccc(-c4ccc(C5CO5)cc4F)cc3)c(F)c2F)cc1. The highest BCUT2D eigenvalue weighted by Gasteiger charge is 2.25. The van der Waals surface area contributed by atoms with E-state index in [-0.39, 0.29) is 23.0 Å². The average molecular weight is 458 g/mol. The van der Waals surface area contributed by atoms with E-state index in [1.807, 2.05) is 18.2 Å². The number of halogens is 3. The molecule has 34 heavy (non-hydrogen) atoms. The fourth-order valence-corrected chi connectivity index (χ4v) is 3.85. The van der Waals surface area contributed by atoms with E-state index in [4.69, 9.17) is 9.47 Å². The molecule has 2 nitrogen and oxygen atoms in total. The Kier molecular flexibility index (Phi) is 5.95. The number of methoxy groups -OCH3 is 1. The van der Waals surface area contributed by atoms with E-state index in [9.17, 15) is 13.2 Å². The molecule has 170 valence electrons. The predicted molar refractivity (Wildman–Crippen MR) is 128 cm³/mol. The van der Waals surface area contributed by atoms with Crippen molar-refractivity contribution in [1.29, 1.82) is 0 Å². The third-order valence-electron chi connectivity index (χ3n) is 5.89. The molecular formula is C29H21F3O2. The van der Waals surface area contributed by atoms with Crippen LogP contribution < -0.4 is 4.74 Å². The van der Waals surface area contributed by atoms with E-state index in [2.05, 4.69) is 0 Å². The molecule has 0 saturated carbocycles. The zero-order valence-electron chi connectivity index (χ0n) is 18.4. The summed E-state index contributed by atoms with van der Waals surface area (Å²) in [5, 5.41) is 0. The molecule has 0 radical (unpaired) electrons. The van der Waals surface area contributed by atoms with Gasteiger partial charge in [-0.15, -0.1) is 0 Å². The molecule has 0 aromatic heterocycles. The van der Waals surface area contributed by atoms with E-state index >= 15 is 0 Å². The van der Waals surface area contributed by atoms with Gasteiger partial charge in [-0.1, -0.05) is 72.8 Å². The second kappa shape index (κ2) is 9.20. The summed E-state index contributed by atoms with van der Waals surface area (Å²) in [6, 6.07) is 22.2. The molecule has 1 aliphatic heterocycles. The van der Waals surface area contributed by atoms with Gasteiger partial charge in [0.1, 0.15) is 17.7 Å². The lowest BCUT2D eigenvalue weighted by atomic mass is 10.00. The summed E-state index contributed by atoms with van der Waals surface area (Å²) in [6.45, 7) is 0.633. The first kappa shape index (κ1) is 22.0. The van der Waals surface area contributed by atoms with Crippen LogP contribution in [-0.4, -0.2) is 13.7 Å². The second-order valence-corrected chi connectivity index (χ2v) is 8.08. The zero-order chi connectivity index (χ0) is 23.7. The Bertz CT molecular complexity index is 1360. The van der Waals surface area contributed by atoms with Crippen LogP contribution in [-0.2, 0) is 4.74 Å². The van der Waals surface area contributed by atoms with Crippen LogP contribution in [0.5, 0.6) is 5.75 Å². The first-order chi connectivity index (χ1) is 16.5. The highest BCUT2D eigenvalue weighted by Crippen LogP contribution is 2.33. The maximum absolute atomic E-state index is 14.7.